The molecule has 1 N–H and O–H groups in total. The molecular formula is C25H27N3O4. The molecule has 3 aromatic carbocycles. The van der Waals surface area contributed by atoms with Crippen LogP contribution in [-0.2, 0) is 17.8 Å². The van der Waals surface area contributed by atoms with E-state index < -0.39 is 0 Å². The van der Waals surface area contributed by atoms with Crippen molar-refractivity contribution in [2.24, 2.45) is 0 Å². The lowest BCUT2D eigenvalue weighted by molar-refractivity contribution is -0.132. The highest BCUT2D eigenvalue weighted by molar-refractivity contribution is 6.02. The number of urea groups is 1. The summed E-state index contributed by atoms with van der Waals surface area (Å²) in [4.78, 5) is 28.8. The Balaban J connectivity index is 1.41. The van der Waals surface area contributed by atoms with Crippen molar-refractivity contribution < 1.29 is 19.1 Å². The first-order valence-corrected chi connectivity index (χ1v) is 10.5. The van der Waals surface area contributed by atoms with Crippen LogP contribution < -0.4 is 14.8 Å². The first-order chi connectivity index (χ1) is 15.5. The van der Waals surface area contributed by atoms with Gasteiger partial charge >= 0.3 is 6.03 Å². The number of hydrogen-bond acceptors (Lipinski definition) is 4. The first-order valence-electron chi connectivity index (χ1n) is 10.5. The molecule has 0 atom stereocenters. The number of carbonyl (C=O) groups excluding carboxylic acids is 2. The van der Waals surface area contributed by atoms with E-state index in [9.17, 15) is 9.59 Å². The lowest BCUT2D eigenvalue weighted by Gasteiger charge is -2.31. The van der Waals surface area contributed by atoms with Gasteiger partial charge in [-0.1, -0.05) is 36.4 Å². The van der Waals surface area contributed by atoms with Gasteiger partial charge in [0, 0.05) is 25.5 Å². The third-order valence-corrected chi connectivity index (χ3v) is 5.82. The van der Waals surface area contributed by atoms with Gasteiger partial charge in [-0.3, -0.25) is 4.79 Å². The molecule has 0 fully saturated rings. The van der Waals surface area contributed by atoms with E-state index in [1.165, 1.54) is 4.90 Å². The van der Waals surface area contributed by atoms with E-state index in [1.54, 1.807) is 26.2 Å². The second kappa shape index (κ2) is 9.18. The number of nitrogens with zero attached hydrogens (tertiary/aromatic N) is 2. The molecule has 1 aliphatic rings. The van der Waals surface area contributed by atoms with Gasteiger partial charge in [0.2, 0.25) is 5.91 Å². The van der Waals surface area contributed by atoms with Crippen LogP contribution in [0.2, 0.25) is 0 Å². The highest BCUT2D eigenvalue weighted by Crippen LogP contribution is 2.33. The SMILES string of the molecule is COc1cc2c(cc1OC)CN(C(=O)CN(C)C(=O)Nc1cccc3ccccc13)CC2. The van der Waals surface area contributed by atoms with Gasteiger partial charge in [-0.05, 0) is 41.1 Å². The van der Waals surface area contributed by atoms with E-state index in [0.717, 1.165) is 34.0 Å². The zero-order chi connectivity index (χ0) is 22.7. The highest BCUT2D eigenvalue weighted by Gasteiger charge is 2.24. The number of benzene rings is 3. The van der Waals surface area contributed by atoms with Crippen molar-refractivity contribution in [2.45, 2.75) is 13.0 Å². The number of carbonyl (C=O) groups is 2. The minimum atomic E-state index is -0.321. The van der Waals surface area contributed by atoms with E-state index in [-0.39, 0.29) is 18.5 Å². The molecule has 7 heteroatoms. The fourth-order valence-corrected chi connectivity index (χ4v) is 4.02. The zero-order valence-corrected chi connectivity index (χ0v) is 18.6. The molecule has 1 heterocycles. The molecule has 0 spiro atoms. The molecule has 0 aliphatic carbocycles. The summed E-state index contributed by atoms with van der Waals surface area (Å²) < 4.78 is 10.8. The molecule has 4 rings (SSSR count). The average Bonchev–Trinajstić information content (AvgIpc) is 2.82. The topological polar surface area (TPSA) is 71.1 Å². The van der Waals surface area contributed by atoms with Crippen LogP contribution in [-0.4, -0.2) is 56.1 Å². The Bertz CT molecular complexity index is 1160. The minimum absolute atomic E-state index is 0.000771. The van der Waals surface area contributed by atoms with Crippen LogP contribution in [0, 0.1) is 0 Å². The Labute approximate surface area is 187 Å². The van der Waals surface area contributed by atoms with Crippen LogP contribution in [0.15, 0.2) is 54.6 Å². The van der Waals surface area contributed by atoms with Crippen LogP contribution in [0.25, 0.3) is 10.8 Å². The summed E-state index contributed by atoms with van der Waals surface area (Å²) in [6.45, 7) is 1.08. The number of ether oxygens (including phenoxy) is 2. The Morgan fingerprint density at radius 2 is 1.69 bits per heavy atom. The number of rotatable bonds is 5. The maximum Gasteiger partial charge on any atom is 0.322 e. The summed E-state index contributed by atoms with van der Waals surface area (Å²) in [5.74, 6) is 1.24. The number of fused-ring (bicyclic) bond motifs is 2. The summed E-state index contributed by atoms with van der Waals surface area (Å²) in [5, 5.41) is 4.93. The number of anilines is 1. The summed E-state index contributed by atoms with van der Waals surface area (Å²) in [5.41, 5.74) is 2.90. The molecule has 7 nitrogen and oxygen atoms in total. The number of hydrogen-bond donors (Lipinski definition) is 1. The standard InChI is InChI=1S/C25H27N3O4/c1-27(25(30)26-21-10-6-8-17-7-4-5-9-20(17)21)16-24(29)28-12-11-18-13-22(31-2)23(32-3)14-19(18)15-28/h4-10,13-14H,11-12,15-16H2,1-3H3,(H,26,30). The third-order valence-electron chi connectivity index (χ3n) is 5.82. The van der Waals surface area contributed by atoms with Gasteiger partial charge in [0.1, 0.15) is 6.54 Å². The van der Waals surface area contributed by atoms with Crippen molar-refractivity contribution in [3.63, 3.8) is 0 Å². The molecule has 0 radical (unpaired) electrons. The quantitative estimate of drug-likeness (QED) is 0.662. The van der Waals surface area contributed by atoms with E-state index in [2.05, 4.69) is 5.32 Å². The van der Waals surface area contributed by atoms with Crippen molar-refractivity contribution >= 4 is 28.4 Å². The summed E-state index contributed by atoms with van der Waals surface area (Å²) >= 11 is 0. The maximum absolute atomic E-state index is 12.9. The molecule has 3 amide bonds. The van der Waals surface area contributed by atoms with Crippen LogP contribution in [0.5, 0.6) is 11.5 Å². The van der Waals surface area contributed by atoms with Gasteiger partial charge < -0.3 is 24.6 Å². The number of nitrogens with one attached hydrogen (secondary N) is 1. The fourth-order valence-electron chi connectivity index (χ4n) is 4.02. The normalized spacial score (nSPS) is 12.8. The van der Waals surface area contributed by atoms with Gasteiger partial charge in [-0.25, -0.2) is 4.79 Å². The third kappa shape index (κ3) is 4.32. The number of amides is 3. The van der Waals surface area contributed by atoms with Gasteiger partial charge in [0.25, 0.3) is 0 Å². The van der Waals surface area contributed by atoms with E-state index in [1.807, 2.05) is 54.6 Å². The van der Waals surface area contributed by atoms with Crippen molar-refractivity contribution in [2.75, 3.05) is 39.7 Å². The molecule has 1 aliphatic heterocycles. The Morgan fingerprint density at radius 1 is 1.00 bits per heavy atom. The van der Waals surface area contributed by atoms with E-state index >= 15 is 0 Å². The average molecular weight is 434 g/mol. The molecule has 0 aromatic heterocycles. The maximum atomic E-state index is 12.9. The predicted molar refractivity (Wildman–Crippen MR) is 124 cm³/mol. The van der Waals surface area contributed by atoms with Gasteiger partial charge in [-0.2, -0.15) is 0 Å². The van der Waals surface area contributed by atoms with Crippen LogP contribution in [0.3, 0.4) is 0 Å². The van der Waals surface area contributed by atoms with Crippen molar-refractivity contribution in [3.8, 4) is 11.5 Å². The molecular weight excluding hydrogens is 406 g/mol. The largest absolute Gasteiger partial charge is 0.493 e. The van der Waals surface area contributed by atoms with Crippen LogP contribution in [0.4, 0.5) is 10.5 Å². The molecule has 3 aromatic rings. The van der Waals surface area contributed by atoms with Crippen molar-refractivity contribution in [1.29, 1.82) is 0 Å². The first kappa shape index (κ1) is 21.5. The zero-order valence-electron chi connectivity index (χ0n) is 18.6. The molecule has 32 heavy (non-hydrogen) atoms. The summed E-state index contributed by atoms with van der Waals surface area (Å²) in [6, 6.07) is 17.2. The smallest absolute Gasteiger partial charge is 0.322 e. The molecule has 0 saturated carbocycles. The lowest BCUT2D eigenvalue weighted by Crippen LogP contribution is -2.44. The molecule has 0 saturated heterocycles. The Kier molecular flexibility index (Phi) is 6.16. The Morgan fingerprint density at radius 3 is 2.44 bits per heavy atom. The van der Waals surface area contributed by atoms with Crippen LogP contribution >= 0.6 is 0 Å². The van der Waals surface area contributed by atoms with E-state index in [4.69, 9.17) is 9.47 Å². The predicted octanol–water partition coefficient (Wildman–Crippen LogP) is 3.91. The molecule has 0 bridgehead atoms. The van der Waals surface area contributed by atoms with Crippen LogP contribution in [0.1, 0.15) is 11.1 Å². The second-order valence-electron chi connectivity index (χ2n) is 7.85. The summed E-state index contributed by atoms with van der Waals surface area (Å²) in [7, 11) is 4.84. The Hall–Kier alpha value is -3.74. The summed E-state index contributed by atoms with van der Waals surface area (Å²) in [6.07, 6.45) is 0.730. The molecule has 166 valence electrons. The van der Waals surface area contributed by atoms with Gasteiger partial charge in [0.15, 0.2) is 11.5 Å². The van der Waals surface area contributed by atoms with Crippen molar-refractivity contribution in [3.05, 3.63) is 65.7 Å². The van der Waals surface area contributed by atoms with Gasteiger partial charge in [-0.15, -0.1) is 0 Å². The van der Waals surface area contributed by atoms with Crippen molar-refractivity contribution in [1.82, 2.24) is 9.80 Å². The van der Waals surface area contributed by atoms with Gasteiger partial charge in [0.05, 0.1) is 19.9 Å². The second-order valence-corrected chi connectivity index (χ2v) is 7.85. The van der Waals surface area contributed by atoms with E-state index in [0.29, 0.717) is 24.6 Å². The minimum Gasteiger partial charge on any atom is -0.493 e. The highest BCUT2D eigenvalue weighted by atomic mass is 16.5. The number of methoxy groups -OCH3 is 2. The molecule has 0 unspecified atom stereocenters. The number of likely N-dealkylation sites (N-methyl/N-ethyl adjacent to an activating group) is 1. The lowest BCUT2D eigenvalue weighted by atomic mass is 9.98. The monoisotopic (exact) mass is 433 g/mol. The fraction of sp³-hybridized carbons (Fsp3) is 0.280.